The minimum Gasteiger partial charge on any atom is -0.487 e. The van der Waals surface area contributed by atoms with Crippen molar-refractivity contribution in [2.45, 2.75) is 39.7 Å². The van der Waals surface area contributed by atoms with Gasteiger partial charge in [0, 0.05) is 37.2 Å². The molecule has 1 aliphatic rings. The van der Waals surface area contributed by atoms with Crippen LogP contribution in [0.2, 0.25) is 0 Å². The maximum Gasteiger partial charge on any atom is 0.251 e. The molecule has 3 aromatic rings. The summed E-state index contributed by atoms with van der Waals surface area (Å²) in [4.78, 5) is 30.5. The molecule has 0 radical (unpaired) electrons. The number of aryl methyl sites for hydroxylation is 2. The summed E-state index contributed by atoms with van der Waals surface area (Å²) in [6, 6.07) is 15.0. The third kappa shape index (κ3) is 5.80. The Bertz CT molecular complexity index is 1100. The molecule has 0 saturated carbocycles. The normalized spacial score (nSPS) is 13.4. The van der Waals surface area contributed by atoms with Gasteiger partial charge in [0.2, 0.25) is 11.8 Å². The molecule has 1 aliphatic heterocycles. The molecule has 0 aliphatic carbocycles. The van der Waals surface area contributed by atoms with E-state index in [2.05, 4.69) is 10.3 Å². The smallest absolute Gasteiger partial charge is 0.251 e. The number of hydrogen-bond donors (Lipinski definition) is 1. The van der Waals surface area contributed by atoms with Crippen LogP contribution in [0, 0.1) is 13.8 Å². The van der Waals surface area contributed by atoms with Crippen LogP contribution in [-0.2, 0) is 11.4 Å². The number of likely N-dealkylation sites (tertiary alicyclic amines) is 1. The van der Waals surface area contributed by atoms with Crippen molar-refractivity contribution >= 4 is 11.8 Å². The van der Waals surface area contributed by atoms with Gasteiger partial charge in [-0.2, -0.15) is 0 Å². The van der Waals surface area contributed by atoms with Gasteiger partial charge in [-0.25, -0.2) is 4.98 Å². The molecule has 7 heteroatoms. The Hall–Kier alpha value is -3.61. The molecule has 4 rings (SSSR count). The third-order valence-corrected chi connectivity index (χ3v) is 5.74. The van der Waals surface area contributed by atoms with Crippen LogP contribution >= 0.6 is 0 Å². The van der Waals surface area contributed by atoms with Gasteiger partial charge in [-0.05, 0) is 63.1 Å². The second-order valence-electron chi connectivity index (χ2n) is 8.29. The molecule has 1 fully saturated rings. The number of carbonyl (C=O) groups is 2. The van der Waals surface area contributed by atoms with Crippen molar-refractivity contribution in [1.82, 2.24) is 15.2 Å². The number of carbonyl (C=O) groups excluding carboxylic acids is 2. The van der Waals surface area contributed by atoms with E-state index in [1.54, 1.807) is 12.1 Å². The van der Waals surface area contributed by atoms with E-state index in [-0.39, 0.29) is 11.8 Å². The van der Waals surface area contributed by atoms with Gasteiger partial charge in [-0.15, -0.1) is 0 Å². The molecule has 2 heterocycles. The van der Waals surface area contributed by atoms with E-state index < -0.39 is 0 Å². The van der Waals surface area contributed by atoms with Gasteiger partial charge in [-0.3, -0.25) is 9.59 Å². The molecule has 1 N–H and O–H groups in total. The van der Waals surface area contributed by atoms with Crippen molar-refractivity contribution in [3.05, 3.63) is 71.1 Å². The summed E-state index contributed by atoms with van der Waals surface area (Å²) < 4.78 is 11.6. The molecule has 0 atom stereocenters. The highest BCUT2D eigenvalue weighted by molar-refractivity contribution is 5.94. The predicted octanol–water partition coefficient (Wildman–Crippen LogP) is 4.28. The van der Waals surface area contributed by atoms with Crippen LogP contribution in [-0.4, -0.2) is 41.3 Å². The van der Waals surface area contributed by atoms with Gasteiger partial charge in [-0.1, -0.05) is 17.7 Å². The number of amides is 2. The highest BCUT2D eigenvalue weighted by Gasteiger charge is 2.19. The number of ether oxygens (including phenoxy) is 1. The van der Waals surface area contributed by atoms with E-state index in [4.69, 9.17) is 9.15 Å². The van der Waals surface area contributed by atoms with Crippen molar-refractivity contribution in [2.24, 2.45) is 0 Å². The topological polar surface area (TPSA) is 84.7 Å². The molecule has 0 bridgehead atoms. The maximum atomic E-state index is 12.4. The zero-order valence-electron chi connectivity index (χ0n) is 19.1. The summed E-state index contributed by atoms with van der Waals surface area (Å²) in [7, 11) is 0. The minimum absolute atomic E-state index is 0.134. The van der Waals surface area contributed by atoms with Crippen LogP contribution in [0.1, 0.15) is 46.6 Å². The fourth-order valence-corrected chi connectivity index (χ4v) is 3.75. The van der Waals surface area contributed by atoms with Crippen molar-refractivity contribution in [2.75, 3.05) is 19.6 Å². The standard InChI is InChI=1S/C26H29N3O4/c1-18-6-12-22(13-7-18)32-17-23-19(2)33-26(28-23)21-10-8-20(9-11-21)25(31)27-14-4-16-29-15-3-5-24(29)30/h6-13H,3-5,14-17H2,1-2H3,(H,27,31). The zero-order valence-corrected chi connectivity index (χ0v) is 19.1. The Balaban J connectivity index is 1.29. The Morgan fingerprint density at radius 1 is 1.12 bits per heavy atom. The molecule has 172 valence electrons. The second-order valence-corrected chi connectivity index (χ2v) is 8.29. The van der Waals surface area contributed by atoms with E-state index in [1.807, 2.05) is 55.1 Å². The fraction of sp³-hybridized carbons (Fsp3) is 0.346. The molecule has 2 amide bonds. The average molecular weight is 448 g/mol. The van der Waals surface area contributed by atoms with Crippen LogP contribution < -0.4 is 10.1 Å². The lowest BCUT2D eigenvalue weighted by Gasteiger charge is -2.15. The van der Waals surface area contributed by atoms with E-state index in [1.165, 1.54) is 5.56 Å². The number of nitrogens with zero attached hydrogens (tertiary/aromatic N) is 2. The summed E-state index contributed by atoms with van der Waals surface area (Å²) in [6.07, 6.45) is 2.32. The van der Waals surface area contributed by atoms with Crippen molar-refractivity contribution in [3.8, 4) is 17.2 Å². The quantitative estimate of drug-likeness (QED) is 0.495. The molecule has 0 unspecified atom stereocenters. The number of nitrogens with one attached hydrogen (secondary N) is 1. The van der Waals surface area contributed by atoms with Gasteiger partial charge >= 0.3 is 0 Å². The molecule has 0 spiro atoms. The van der Waals surface area contributed by atoms with E-state index in [9.17, 15) is 9.59 Å². The largest absolute Gasteiger partial charge is 0.487 e. The Kier molecular flexibility index (Phi) is 7.07. The first-order chi connectivity index (χ1) is 16.0. The monoisotopic (exact) mass is 447 g/mol. The minimum atomic E-state index is -0.134. The summed E-state index contributed by atoms with van der Waals surface area (Å²) in [5.74, 6) is 2.06. The van der Waals surface area contributed by atoms with Gasteiger partial charge in [0.1, 0.15) is 23.8 Å². The van der Waals surface area contributed by atoms with E-state index in [0.29, 0.717) is 43.3 Å². The number of aromatic nitrogens is 1. The maximum absolute atomic E-state index is 12.4. The number of rotatable bonds is 9. The Morgan fingerprint density at radius 3 is 2.58 bits per heavy atom. The zero-order chi connectivity index (χ0) is 23.2. The molecule has 33 heavy (non-hydrogen) atoms. The van der Waals surface area contributed by atoms with E-state index in [0.717, 1.165) is 36.4 Å². The molecule has 7 nitrogen and oxygen atoms in total. The second kappa shape index (κ2) is 10.3. The highest BCUT2D eigenvalue weighted by Crippen LogP contribution is 2.23. The molecular formula is C26H29N3O4. The van der Waals surface area contributed by atoms with Crippen molar-refractivity contribution < 1.29 is 18.7 Å². The molecule has 1 saturated heterocycles. The first kappa shape index (κ1) is 22.6. The van der Waals surface area contributed by atoms with Crippen molar-refractivity contribution in [1.29, 1.82) is 0 Å². The van der Waals surface area contributed by atoms with E-state index >= 15 is 0 Å². The first-order valence-corrected chi connectivity index (χ1v) is 11.3. The van der Waals surface area contributed by atoms with Crippen LogP contribution in [0.4, 0.5) is 0 Å². The van der Waals surface area contributed by atoms with Crippen LogP contribution in [0.5, 0.6) is 5.75 Å². The Morgan fingerprint density at radius 2 is 1.88 bits per heavy atom. The van der Waals surface area contributed by atoms with Gasteiger partial charge in [0.15, 0.2) is 0 Å². The Labute approximate surface area is 193 Å². The van der Waals surface area contributed by atoms with Crippen molar-refractivity contribution in [3.63, 3.8) is 0 Å². The first-order valence-electron chi connectivity index (χ1n) is 11.3. The lowest BCUT2D eigenvalue weighted by atomic mass is 10.1. The predicted molar refractivity (Wildman–Crippen MR) is 125 cm³/mol. The summed E-state index contributed by atoms with van der Waals surface area (Å²) in [5.41, 5.74) is 3.29. The lowest BCUT2D eigenvalue weighted by molar-refractivity contribution is -0.127. The van der Waals surface area contributed by atoms with Crippen LogP contribution in [0.3, 0.4) is 0 Å². The molecule has 1 aromatic heterocycles. The highest BCUT2D eigenvalue weighted by atomic mass is 16.5. The van der Waals surface area contributed by atoms with Crippen LogP contribution in [0.15, 0.2) is 52.9 Å². The number of hydrogen-bond acceptors (Lipinski definition) is 5. The molecular weight excluding hydrogens is 418 g/mol. The lowest BCUT2D eigenvalue weighted by Crippen LogP contribution is -2.30. The average Bonchev–Trinajstić information content (AvgIpc) is 3.41. The number of benzene rings is 2. The SMILES string of the molecule is Cc1ccc(OCc2nc(-c3ccc(C(=O)NCCCN4CCCC4=O)cc3)oc2C)cc1. The van der Waals surface area contributed by atoms with Gasteiger partial charge in [0.25, 0.3) is 5.91 Å². The van der Waals surface area contributed by atoms with Gasteiger partial charge < -0.3 is 19.4 Å². The summed E-state index contributed by atoms with van der Waals surface area (Å²) in [6.45, 7) is 6.27. The van der Waals surface area contributed by atoms with Crippen LogP contribution in [0.25, 0.3) is 11.5 Å². The summed E-state index contributed by atoms with van der Waals surface area (Å²) >= 11 is 0. The molecule has 2 aromatic carbocycles. The number of oxazole rings is 1. The fourth-order valence-electron chi connectivity index (χ4n) is 3.75. The third-order valence-electron chi connectivity index (χ3n) is 5.74. The summed E-state index contributed by atoms with van der Waals surface area (Å²) in [5, 5.41) is 2.91. The van der Waals surface area contributed by atoms with Gasteiger partial charge in [0.05, 0.1) is 0 Å².